The minimum absolute atomic E-state index is 0.116. The minimum Gasteiger partial charge on any atom is -0.466 e. The molecule has 1 saturated heterocycles. The minimum atomic E-state index is -3.98. The first-order valence-electron chi connectivity index (χ1n) is 15.9. The second-order valence-electron chi connectivity index (χ2n) is 13.3. The highest BCUT2D eigenvalue weighted by Crippen LogP contribution is 2.67. The monoisotopic (exact) mass is 661 g/mol. The van der Waals surface area contributed by atoms with E-state index >= 15 is 0 Å². The number of non-ortho nitro benzene ring substituents is 1. The number of carbonyl (C=O) groups is 1. The van der Waals surface area contributed by atoms with E-state index in [0.29, 0.717) is 17.8 Å². The van der Waals surface area contributed by atoms with Crippen LogP contribution < -0.4 is 10.2 Å². The Labute approximate surface area is 276 Å². The molecular weight excluding hydrogens is 617 g/mol. The predicted octanol–water partition coefficient (Wildman–Crippen LogP) is 7.81. The summed E-state index contributed by atoms with van der Waals surface area (Å²) in [6.07, 6.45) is 0. The summed E-state index contributed by atoms with van der Waals surface area (Å²) in [5.41, 5.74) is 1.45. The highest BCUT2D eigenvalue weighted by atomic mass is 31.2. The first-order chi connectivity index (χ1) is 22.3. The number of hydrogen-bond donors (Lipinski definition) is 1. The lowest BCUT2D eigenvalue weighted by atomic mass is 9.67. The Morgan fingerprint density at radius 3 is 2.26 bits per heavy atom. The number of rotatable bonds is 10. The molecule has 2 heterocycles. The van der Waals surface area contributed by atoms with E-state index in [0.717, 1.165) is 11.3 Å². The van der Waals surface area contributed by atoms with Gasteiger partial charge in [-0.25, -0.2) is 0 Å². The van der Waals surface area contributed by atoms with E-state index in [1.54, 1.807) is 19.1 Å². The zero-order valence-electron chi connectivity index (χ0n) is 27.8. The Balaban J connectivity index is 1.73. The van der Waals surface area contributed by atoms with E-state index in [1.165, 1.54) is 12.1 Å². The molecule has 0 radical (unpaired) electrons. The maximum atomic E-state index is 14.8. The van der Waals surface area contributed by atoms with E-state index in [1.807, 2.05) is 76.2 Å². The molecule has 5 rings (SSSR count). The summed E-state index contributed by atoms with van der Waals surface area (Å²) < 4.78 is 32.7. The summed E-state index contributed by atoms with van der Waals surface area (Å²) in [4.78, 5) is 28.1. The van der Waals surface area contributed by atoms with Gasteiger partial charge in [-0.2, -0.15) is 0 Å². The van der Waals surface area contributed by atoms with Crippen molar-refractivity contribution in [3.63, 3.8) is 0 Å². The molecule has 4 unspecified atom stereocenters. The molecule has 0 aliphatic carbocycles. The third-order valence-electron chi connectivity index (χ3n) is 9.26. The number of benzene rings is 3. The molecule has 1 N–H and O–H groups in total. The van der Waals surface area contributed by atoms with E-state index in [2.05, 4.69) is 29.3 Å². The van der Waals surface area contributed by atoms with Crippen molar-refractivity contribution in [3.05, 3.63) is 117 Å². The lowest BCUT2D eigenvalue weighted by Crippen LogP contribution is -2.66. The van der Waals surface area contributed by atoms with Crippen LogP contribution in [0, 0.1) is 21.4 Å². The predicted molar refractivity (Wildman–Crippen MR) is 182 cm³/mol. The fraction of sp³-hybridized carbons (Fsp3) is 0.417. The smallest absolute Gasteiger partial charge is 0.359 e. The highest BCUT2D eigenvalue weighted by molar-refractivity contribution is 7.58. The number of nitro benzene ring substituents is 1. The van der Waals surface area contributed by atoms with Crippen LogP contribution in [0.1, 0.15) is 58.6 Å². The molecule has 4 atom stereocenters. The molecule has 0 saturated carbocycles. The van der Waals surface area contributed by atoms with Gasteiger partial charge >= 0.3 is 13.6 Å². The van der Waals surface area contributed by atoms with Crippen LogP contribution >= 0.6 is 7.60 Å². The number of allylic oxidation sites excluding steroid dienone is 2. The number of para-hydroxylation sites is 1. The van der Waals surface area contributed by atoms with Gasteiger partial charge in [0.15, 0.2) is 0 Å². The van der Waals surface area contributed by atoms with Crippen LogP contribution in [0.15, 0.2) is 95.9 Å². The molecule has 0 aromatic heterocycles. The van der Waals surface area contributed by atoms with Crippen molar-refractivity contribution in [1.29, 1.82) is 0 Å². The molecule has 10 nitrogen and oxygen atoms in total. The maximum Gasteiger partial charge on any atom is 0.359 e. The number of esters is 1. The van der Waals surface area contributed by atoms with Gasteiger partial charge in [0.25, 0.3) is 5.69 Å². The number of anilines is 1. The first-order valence-corrected chi connectivity index (χ1v) is 17.5. The van der Waals surface area contributed by atoms with Crippen molar-refractivity contribution in [3.8, 4) is 0 Å². The normalized spacial score (nSPS) is 24.1. The lowest BCUT2D eigenvalue weighted by molar-refractivity contribution is -0.384. The highest BCUT2D eigenvalue weighted by Gasteiger charge is 2.59. The van der Waals surface area contributed by atoms with E-state index < -0.39 is 35.9 Å². The topological polar surface area (TPSA) is 120 Å². The van der Waals surface area contributed by atoms with Crippen LogP contribution in [0.3, 0.4) is 0 Å². The summed E-state index contributed by atoms with van der Waals surface area (Å²) >= 11 is 0. The third-order valence-corrected chi connectivity index (χ3v) is 11.4. The van der Waals surface area contributed by atoms with Gasteiger partial charge in [-0.1, -0.05) is 74.5 Å². The Bertz CT molecular complexity index is 1670. The molecule has 47 heavy (non-hydrogen) atoms. The number of carbonyl (C=O) groups excluding carboxylic acids is 1. The molecule has 0 spiro atoms. The quantitative estimate of drug-likeness (QED) is 0.100. The van der Waals surface area contributed by atoms with E-state index in [-0.39, 0.29) is 42.3 Å². The molecule has 3 aromatic carbocycles. The zero-order chi connectivity index (χ0) is 34.0. The van der Waals surface area contributed by atoms with Gasteiger partial charge in [0, 0.05) is 41.4 Å². The summed E-state index contributed by atoms with van der Waals surface area (Å²) in [7, 11) is -3.98. The van der Waals surface area contributed by atoms with Crippen molar-refractivity contribution in [2.24, 2.45) is 11.3 Å². The van der Waals surface area contributed by atoms with Crippen LogP contribution in [0.25, 0.3) is 0 Å². The summed E-state index contributed by atoms with van der Waals surface area (Å²) in [6.45, 7) is 12.5. The molecule has 3 aromatic rings. The average molecular weight is 662 g/mol. The zero-order valence-corrected chi connectivity index (χ0v) is 28.7. The number of nitro groups is 1. The van der Waals surface area contributed by atoms with Gasteiger partial charge < -0.3 is 24.0 Å². The third kappa shape index (κ3) is 7.00. The van der Waals surface area contributed by atoms with Gasteiger partial charge in [0.2, 0.25) is 0 Å². The summed E-state index contributed by atoms with van der Waals surface area (Å²) in [6, 6.07) is 25.8. The second-order valence-corrected chi connectivity index (χ2v) is 15.3. The second kappa shape index (κ2) is 13.6. The summed E-state index contributed by atoms with van der Waals surface area (Å²) in [5.74, 6) is -2.44. The fourth-order valence-corrected chi connectivity index (χ4v) is 9.23. The average Bonchev–Trinajstić information content (AvgIpc) is 3.05. The van der Waals surface area contributed by atoms with Gasteiger partial charge in [-0.15, -0.1) is 0 Å². The molecule has 1 fully saturated rings. The largest absolute Gasteiger partial charge is 0.466 e. The van der Waals surface area contributed by atoms with E-state index in [4.69, 9.17) is 13.8 Å². The molecule has 2 aliphatic heterocycles. The molecule has 2 aliphatic rings. The van der Waals surface area contributed by atoms with Gasteiger partial charge in [-0.3, -0.25) is 19.5 Å². The van der Waals surface area contributed by atoms with Crippen molar-refractivity contribution < 1.29 is 28.1 Å². The Morgan fingerprint density at radius 2 is 1.66 bits per heavy atom. The van der Waals surface area contributed by atoms with Gasteiger partial charge in [0.1, 0.15) is 0 Å². The Morgan fingerprint density at radius 1 is 1.04 bits per heavy atom. The van der Waals surface area contributed by atoms with Crippen LogP contribution in [0.5, 0.6) is 0 Å². The van der Waals surface area contributed by atoms with Crippen molar-refractivity contribution in [2.75, 3.05) is 24.7 Å². The van der Waals surface area contributed by atoms with Crippen LogP contribution in [-0.4, -0.2) is 42.3 Å². The van der Waals surface area contributed by atoms with Crippen molar-refractivity contribution in [1.82, 2.24) is 5.32 Å². The van der Waals surface area contributed by atoms with Crippen LogP contribution in [-0.2, 0) is 29.7 Å². The number of nitrogens with one attached hydrogen (secondary N) is 1. The van der Waals surface area contributed by atoms with Crippen LogP contribution in [0.4, 0.5) is 11.4 Å². The van der Waals surface area contributed by atoms with Crippen LogP contribution in [0.2, 0.25) is 0 Å². The number of nitrogens with zero attached hydrogens (tertiary/aromatic N) is 2. The molecule has 250 valence electrons. The first kappa shape index (κ1) is 34.4. The van der Waals surface area contributed by atoms with Gasteiger partial charge in [0.05, 0.1) is 47.6 Å². The molecule has 0 bridgehead atoms. The fourth-order valence-electron chi connectivity index (χ4n) is 6.73. The number of ether oxygens (including phenoxy) is 1. The summed E-state index contributed by atoms with van der Waals surface area (Å²) in [5, 5.41) is 15.9. The maximum absolute atomic E-state index is 14.8. The Hall–Kier alpha value is -3.98. The van der Waals surface area contributed by atoms with Crippen molar-refractivity contribution in [2.45, 2.75) is 65.6 Å². The molecular formula is C36H44N3O7P. The molecule has 0 amide bonds. The van der Waals surface area contributed by atoms with Gasteiger partial charge in [-0.05, 0) is 51.0 Å². The van der Waals surface area contributed by atoms with Crippen molar-refractivity contribution >= 4 is 24.9 Å². The lowest BCUT2D eigenvalue weighted by Gasteiger charge is -2.53. The standard InChI is InChI=1S/C36H44N3O7P/c1-7-44-34(40)32-31(28-17-14-20-30(21-28)39(41)42)33(47(43)45-23-35(4,5)24-46-47)25(2)37-36(32,6)26(3)38(29-18-12-9-13-19-29)22-27-15-10-8-11-16-27/h8-21,26,31-32,37H,7,22-24H2,1-6H3. The molecule has 11 heteroatoms. The Kier molecular flexibility index (Phi) is 9.96. The number of hydrogen-bond acceptors (Lipinski definition) is 9. The van der Waals surface area contributed by atoms with E-state index in [9.17, 15) is 19.5 Å². The SMILES string of the molecule is CCOC(=O)C1C(c2cccc([N+](=O)[O-])c2)C(P2(=O)OCC(C)(C)CO2)=C(C)NC1(C)C(C)N(Cc1ccccc1)c1ccccc1.